The Morgan fingerprint density at radius 1 is 1.35 bits per heavy atom. The summed E-state index contributed by atoms with van der Waals surface area (Å²) >= 11 is 5.71. The second kappa shape index (κ2) is 6.97. The van der Waals surface area contributed by atoms with E-state index in [1.54, 1.807) is 12.1 Å². The van der Waals surface area contributed by atoms with E-state index in [2.05, 4.69) is 26.1 Å². The molecule has 3 heteroatoms. The van der Waals surface area contributed by atoms with E-state index in [9.17, 15) is 4.39 Å². The Bertz CT molecular complexity index is 354. The molecule has 0 aliphatic carbocycles. The third-order valence-electron chi connectivity index (χ3n) is 3.11. The number of nitrogens with one attached hydrogen (secondary N) is 1. The van der Waals surface area contributed by atoms with Gasteiger partial charge in [-0.1, -0.05) is 37.9 Å². The summed E-state index contributed by atoms with van der Waals surface area (Å²) in [6, 6.07) is 5.22. The van der Waals surface area contributed by atoms with Crippen LogP contribution in [0.15, 0.2) is 18.2 Å². The van der Waals surface area contributed by atoms with E-state index in [0.29, 0.717) is 29.1 Å². The maximum atomic E-state index is 13.5. The summed E-state index contributed by atoms with van der Waals surface area (Å²) in [5.41, 5.74) is 0.672. The summed E-state index contributed by atoms with van der Waals surface area (Å²) in [7, 11) is 0. The Morgan fingerprint density at radius 2 is 2.06 bits per heavy atom. The summed E-state index contributed by atoms with van der Waals surface area (Å²) in [5.74, 6) is 0.466. The number of benzene rings is 1. The molecule has 17 heavy (non-hydrogen) atoms. The van der Waals surface area contributed by atoms with Gasteiger partial charge >= 0.3 is 0 Å². The largest absolute Gasteiger partial charge is 0.310 e. The lowest BCUT2D eigenvalue weighted by Gasteiger charge is -2.17. The van der Waals surface area contributed by atoms with Gasteiger partial charge in [0.1, 0.15) is 5.82 Å². The Balaban J connectivity index is 2.44. The molecule has 0 aliphatic heterocycles. The minimum atomic E-state index is -0.235. The average Bonchev–Trinajstić information content (AvgIpc) is 2.27. The molecule has 1 N–H and O–H groups in total. The Hall–Kier alpha value is -0.600. The number of hydrogen-bond donors (Lipinski definition) is 1. The molecule has 0 bridgehead atoms. The van der Waals surface area contributed by atoms with Crippen molar-refractivity contribution in [3.63, 3.8) is 0 Å². The second-order valence-electron chi connectivity index (χ2n) is 4.77. The van der Waals surface area contributed by atoms with Gasteiger partial charge in [0, 0.05) is 23.2 Å². The molecule has 0 fully saturated rings. The van der Waals surface area contributed by atoms with E-state index < -0.39 is 0 Å². The van der Waals surface area contributed by atoms with Crippen LogP contribution in [0.4, 0.5) is 4.39 Å². The lowest BCUT2D eigenvalue weighted by molar-refractivity contribution is 0.409. The number of rotatable bonds is 6. The first-order chi connectivity index (χ1) is 8.02. The fourth-order valence-electron chi connectivity index (χ4n) is 1.80. The van der Waals surface area contributed by atoms with Crippen LogP contribution in [-0.4, -0.2) is 6.04 Å². The highest BCUT2D eigenvalue weighted by molar-refractivity contribution is 6.30. The third-order valence-corrected chi connectivity index (χ3v) is 3.34. The molecule has 96 valence electrons. The molecule has 1 nitrogen and oxygen atoms in total. The molecule has 2 atom stereocenters. The summed E-state index contributed by atoms with van der Waals surface area (Å²) in [6.07, 6.45) is 2.30. The van der Waals surface area contributed by atoms with E-state index in [4.69, 9.17) is 11.6 Å². The van der Waals surface area contributed by atoms with E-state index >= 15 is 0 Å². The number of hydrogen-bond acceptors (Lipinski definition) is 1. The molecule has 0 heterocycles. The molecule has 2 unspecified atom stereocenters. The summed E-state index contributed by atoms with van der Waals surface area (Å²) in [5, 5.41) is 3.78. The van der Waals surface area contributed by atoms with Crippen LogP contribution in [0.5, 0.6) is 0 Å². The quantitative estimate of drug-likeness (QED) is 0.797. The predicted molar refractivity (Wildman–Crippen MR) is 71.8 cm³/mol. The van der Waals surface area contributed by atoms with Crippen molar-refractivity contribution in [1.82, 2.24) is 5.32 Å². The summed E-state index contributed by atoms with van der Waals surface area (Å²) in [6.45, 7) is 7.12. The summed E-state index contributed by atoms with van der Waals surface area (Å²) in [4.78, 5) is 0. The van der Waals surface area contributed by atoms with Gasteiger partial charge in [0.2, 0.25) is 0 Å². The minimum absolute atomic E-state index is 0.235. The summed E-state index contributed by atoms with van der Waals surface area (Å²) < 4.78 is 13.5. The average molecular weight is 258 g/mol. The molecular formula is C14H21ClFN. The molecule has 0 radical (unpaired) electrons. The fraction of sp³-hybridized carbons (Fsp3) is 0.571. The smallest absolute Gasteiger partial charge is 0.129 e. The van der Waals surface area contributed by atoms with Gasteiger partial charge in [0.15, 0.2) is 0 Å². The van der Waals surface area contributed by atoms with E-state index in [0.717, 1.165) is 6.42 Å². The van der Waals surface area contributed by atoms with Gasteiger partial charge in [-0.25, -0.2) is 4.39 Å². The molecule has 1 aromatic rings. The zero-order valence-electron chi connectivity index (χ0n) is 10.8. The van der Waals surface area contributed by atoms with Crippen molar-refractivity contribution >= 4 is 11.6 Å². The van der Waals surface area contributed by atoms with Crippen LogP contribution in [0.3, 0.4) is 0 Å². The molecule has 0 saturated carbocycles. The molecule has 0 spiro atoms. The Morgan fingerprint density at radius 3 is 2.65 bits per heavy atom. The minimum Gasteiger partial charge on any atom is -0.310 e. The standard InChI is InChI=1S/C14H21ClFN/c1-4-10(2)7-11(3)17-9-12-5-6-13(15)8-14(12)16/h5-6,8,10-11,17H,4,7,9H2,1-3H3. The van der Waals surface area contributed by atoms with Crippen LogP contribution >= 0.6 is 11.6 Å². The molecule has 0 amide bonds. The van der Waals surface area contributed by atoms with Crippen molar-refractivity contribution < 1.29 is 4.39 Å². The third kappa shape index (κ3) is 5.05. The first-order valence-corrected chi connectivity index (χ1v) is 6.58. The lowest BCUT2D eigenvalue weighted by atomic mass is 10.0. The van der Waals surface area contributed by atoms with Crippen molar-refractivity contribution in [2.75, 3.05) is 0 Å². The topological polar surface area (TPSA) is 12.0 Å². The van der Waals surface area contributed by atoms with Crippen molar-refractivity contribution in [2.45, 2.75) is 46.2 Å². The highest BCUT2D eigenvalue weighted by Gasteiger charge is 2.08. The van der Waals surface area contributed by atoms with Gasteiger partial charge in [-0.2, -0.15) is 0 Å². The first kappa shape index (κ1) is 14.5. The zero-order valence-corrected chi connectivity index (χ0v) is 11.5. The van der Waals surface area contributed by atoms with Crippen LogP contribution in [0, 0.1) is 11.7 Å². The molecule has 0 aromatic heterocycles. The fourth-order valence-corrected chi connectivity index (χ4v) is 1.96. The predicted octanol–water partition coefficient (Wildman–Crippen LogP) is 4.39. The monoisotopic (exact) mass is 257 g/mol. The lowest BCUT2D eigenvalue weighted by Crippen LogP contribution is -2.27. The van der Waals surface area contributed by atoms with E-state index in [1.165, 1.54) is 12.5 Å². The van der Waals surface area contributed by atoms with Crippen LogP contribution in [-0.2, 0) is 6.54 Å². The zero-order chi connectivity index (χ0) is 12.8. The number of halogens is 2. The van der Waals surface area contributed by atoms with Crippen LogP contribution in [0.25, 0.3) is 0 Å². The van der Waals surface area contributed by atoms with Crippen molar-refractivity contribution in [1.29, 1.82) is 0 Å². The van der Waals surface area contributed by atoms with Crippen molar-refractivity contribution in [3.8, 4) is 0 Å². The van der Waals surface area contributed by atoms with E-state index in [-0.39, 0.29) is 5.82 Å². The molecular weight excluding hydrogens is 237 g/mol. The Kier molecular flexibility index (Phi) is 5.93. The highest BCUT2D eigenvalue weighted by Crippen LogP contribution is 2.15. The van der Waals surface area contributed by atoms with Crippen LogP contribution < -0.4 is 5.32 Å². The van der Waals surface area contributed by atoms with Crippen molar-refractivity contribution in [2.24, 2.45) is 5.92 Å². The molecule has 1 aromatic carbocycles. The van der Waals surface area contributed by atoms with Gasteiger partial charge in [-0.3, -0.25) is 0 Å². The normalized spacial score (nSPS) is 14.6. The maximum Gasteiger partial charge on any atom is 0.129 e. The Labute approximate surface area is 108 Å². The maximum absolute atomic E-state index is 13.5. The van der Waals surface area contributed by atoms with Crippen LogP contribution in [0.1, 0.15) is 39.2 Å². The van der Waals surface area contributed by atoms with Gasteiger partial charge in [-0.15, -0.1) is 0 Å². The van der Waals surface area contributed by atoms with Crippen molar-refractivity contribution in [3.05, 3.63) is 34.6 Å². The van der Waals surface area contributed by atoms with Crippen LogP contribution in [0.2, 0.25) is 5.02 Å². The molecule has 0 saturated heterocycles. The van der Waals surface area contributed by atoms with Gasteiger partial charge in [0.05, 0.1) is 0 Å². The SMILES string of the molecule is CCC(C)CC(C)NCc1ccc(Cl)cc1F. The first-order valence-electron chi connectivity index (χ1n) is 6.20. The van der Waals surface area contributed by atoms with E-state index in [1.807, 2.05) is 0 Å². The highest BCUT2D eigenvalue weighted by atomic mass is 35.5. The molecule has 0 aliphatic rings. The van der Waals surface area contributed by atoms with Gasteiger partial charge < -0.3 is 5.32 Å². The second-order valence-corrected chi connectivity index (χ2v) is 5.20. The molecule has 1 rings (SSSR count). The van der Waals surface area contributed by atoms with Gasteiger partial charge in [-0.05, 0) is 31.4 Å². The van der Waals surface area contributed by atoms with Gasteiger partial charge in [0.25, 0.3) is 0 Å².